The second-order valence-electron chi connectivity index (χ2n) is 4.68. The fourth-order valence-electron chi connectivity index (χ4n) is 1.78. The highest BCUT2D eigenvalue weighted by atomic mass is 35.5. The second kappa shape index (κ2) is 8.88. The van der Waals surface area contributed by atoms with Gasteiger partial charge >= 0.3 is 11.9 Å². The molecule has 25 heavy (non-hydrogen) atoms. The van der Waals surface area contributed by atoms with Gasteiger partial charge in [0.05, 0.1) is 23.7 Å². The molecule has 134 valence electrons. The minimum atomic E-state index is -0.678. The van der Waals surface area contributed by atoms with Crippen molar-refractivity contribution in [1.82, 2.24) is 14.9 Å². The minimum Gasteiger partial charge on any atom is -0.466 e. The lowest BCUT2D eigenvalue weighted by molar-refractivity contribution is -0.150. The third-order valence-corrected chi connectivity index (χ3v) is 3.09. The summed E-state index contributed by atoms with van der Waals surface area (Å²) in [6.07, 6.45) is 1.39. The molecule has 0 aliphatic carbocycles. The molecule has 0 fully saturated rings. The smallest absolute Gasteiger partial charge is 0.344 e. The van der Waals surface area contributed by atoms with Gasteiger partial charge in [0.15, 0.2) is 6.61 Å². The van der Waals surface area contributed by atoms with Gasteiger partial charge in [-0.15, -0.1) is 0 Å². The second-order valence-corrected chi connectivity index (χ2v) is 5.12. The predicted octanol–water partition coefficient (Wildman–Crippen LogP) is 1.71. The normalized spacial score (nSPS) is 10.3. The summed E-state index contributed by atoms with van der Waals surface area (Å²) in [7, 11) is 0. The molecule has 0 aliphatic rings. The van der Waals surface area contributed by atoms with Gasteiger partial charge in [0.1, 0.15) is 12.3 Å². The van der Waals surface area contributed by atoms with Crippen LogP contribution in [-0.2, 0) is 19.1 Å². The van der Waals surface area contributed by atoms with E-state index in [0.717, 1.165) is 0 Å². The summed E-state index contributed by atoms with van der Waals surface area (Å²) in [4.78, 5) is 27.3. The van der Waals surface area contributed by atoms with Crippen molar-refractivity contribution >= 4 is 23.5 Å². The number of carbonyl (C=O) groups is 2. The summed E-state index contributed by atoms with van der Waals surface area (Å²) in [6.45, 7) is 1.43. The first-order valence-electron chi connectivity index (χ1n) is 7.35. The summed E-state index contributed by atoms with van der Waals surface area (Å²) in [5, 5.41) is 13.9. The van der Waals surface area contributed by atoms with Crippen LogP contribution in [0.3, 0.4) is 0 Å². The Balaban J connectivity index is 1.83. The van der Waals surface area contributed by atoms with Gasteiger partial charge in [0, 0.05) is 12.3 Å². The average Bonchev–Trinajstić information content (AvgIpc) is 2.95. The standard InChI is InChI=1S/C15H16ClN3O6/c1-2-23-14(20)5-6-24-15(21)9-25-13-7-12(19(22)18-13)11-4-3-10(16)8-17-11/h3-4,7-8,22H,2,5-6,9H2,1H3. The zero-order valence-corrected chi connectivity index (χ0v) is 14.1. The van der Waals surface area contributed by atoms with Gasteiger partial charge in [0.2, 0.25) is 5.88 Å². The van der Waals surface area contributed by atoms with Crippen molar-refractivity contribution in [3.8, 4) is 17.3 Å². The fraction of sp³-hybridized carbons (Fsp3) is 0.333. The van der Waals surface area contributed by atoms with E-state index < -0.39 is 18.5 Å². The van der Waals surface area contributed by atoms with Crippen LogP contribution in [0.2, 0.25) is 5.02 Å². The Labute approximate surface area is 148 Å². The number of pyridine rings is 1. The summed E-state index contributed by atoms with van der Waals surface area (Å²) in [5.41, 5.74) is 0.689. The van der Waals surface area contributed by atoms with Crippen molar-refractivity contribution in [3.63, 3.8) is 0 Å². The van der Waals surface area contributed by atoms with Gasteiger partial charge in [-0.2, -0.15) is 0 Å². The number of nitrogens with zero attached hydrogens (tertiary/aromatic N) is 3. The van der Waals surface area contributed by atoms with E-state index in [1.54, 1.807) is 19.1 Å². The van der Waals surface area contributed by atoms with E-state index in [1.165, 1.54) is 12.3 Å². The summed E-state index contributed by atoms with van der Waals surface area (Å²) < 4.78 is 14.7. The first-order chi connectivity index (χ1) is 12.0. The van der Waals surface area contributed by atoms with Gasteiger partial charge in [-0.1, -0.05) is 21.5 Å². The highest BCUT2D eigenvalue weighted by molar-refractivity contribution is 6.30. The molecule has 0 aromatic carbocycles. The maximum absolute atomic E-state index is 11.5. The van der Waals surface area contributed by atoms with E-state index in [9.17, 15) is 14.8 Å². The van der Waals surface area contributed by atoms with Gasteiger partial charge in [0.25, 0.3) is 0 Å². The maximum Gasteiger partial charge on any atom is 0.344 e. The Kier molecular flexibility index (Phi) is 6.58. The molecule has 10 heteroatoms. The molecule has 9 nitrogen and oxygen atoms in total. The maximum atomic E-state index is 11.5. The van der Waals surface area contributed by atoms with Crippen molar-refractivity contribution in [2.24, 2.45) is 0 Å². The average molecular weight is 370 g/mol. The molecule has 0 unspecified atom stereocenters. The first kappa shape index (κ1) is 18.5. The molecule has 0 aliphatic heterocycles. The molecule has 0 bridgehead atoms. The minimum absolute atomic E-state index is 0.0107. The first-order valence-corrected chi connectivity index (χ1v) is 7.72. The Morgan fingerprint density at radius 2 is 2.08 bits per heavy atom. The van der Waals surface area contributed by atoms with Crippen LogP contribution in [0.15, 0.2) is 24.4 Å². The number of aromatic nitrogens is 3. The molecule has 1 N–H and O–H groups in total. The molecular formula is C15H16ClN3O6. The molecule has 0 radical (unpaired) electrons. The van der Waals surface area contributed by atoms with Gasteiger partial charge < -0.3 is 19.4 Å². The number of ether oxygens (including phenoxy) is 3. The highest BCUT2D eigenvalue weighted by Gasteiger charge is 2.13. The third kappa shape index (κ3) is 5.64. The molecule has 2 aromatic rings. The fourth-order valence-corrected chi connectivity index (χ4v) is 1.89. The Bertz CT molecular complexity index is 731. The Morgan fingerprint density at radius 3 is 2.76 bits per heavy atom. The topological polar surface area (TPSA) is 113 Å². The number of hydrogen-bond acceptors (Lipinski definition) is 8. The van der Waals surface area contributed by atoms with Crippen LogP contribution in [0.1, 0.15) is 13.3 Å². The van der Waals surface area contributed by atoms with Crippen molar-refractivity contribution in [1.29, 1.82) is 0 Å². The van der Waals surface area contributed by atoms with Crippen LogP contribution in [0.25, 0.3) is 11.4 Å². The van der Waals surface area contributed by atoms with Gasteiger partial charge in [-0.25, -0.2) is 4.79 Å². The van der Waals surface area contributed by atoms with Gasteiger partial charge in [-0.05, 0) is 19.1 Å². The Hall–Kier alpha value is -2.81. The van der Waals surface area contributed by atoms with E-state index in [2.05, 4.69) is 10.1 Å². The predicted molar refractivity (Wildman–Crippen MR) is 85.4 cm³/mol. The van der Waals surface area contributed by atoms with E-state index in [-0.39, 0.29) is 31.2 Å². The molecule has 2 rings (SSSR count). The molecule has 0 spiro atoms. The van der Waals surface area contributed by atoms with Crippen LogP contribution in [0, 0.1) is 0 Å². The number of carbonyl (C=O) groups excluding carboxylic acids is 2. The molecule has 0 atom stereocenters. The lowest BCUT2D eigenvalue weighted by atomic mass is 10.3. The van der Waals surface area contributed by atoms with E-state index in [0.29, 0.717) is 15.6 Å². The van der Waals surface area contributed by atoms with Crippen molar-refractivity contribution < 1.29 is 29.0 Å². The van der Waals surface area contributed by atoms with Crippen molar-refractivity contribution in [2.45, 2.75) is 13.3 Å². The van der Waals surface area contributed by atoms with Crippen LogP contribution in [-0.4, -0.2) is 51.9 Å². The zero-order valence-electron chi connectivity index (χ0n) is 13.3. The number of halogens is 1. The number of rotatable bonds is 8. The highest BCUT2D eigenvalue weighted by Crippen LogP contribution is 2.22. The molecule has 0 saturated carbocycles. The SMILES string of the molecule is CCOC(=O)CCOC(=O)COc1cc(-c2ccc(Cl)cn2)n(O)n1. The monoisotopic (exact) mass is 369 g/mol. The summed E-state index contributed by atoms with van der Waals surface area (Å²) >= 11 is 5.75. The molecule has 0 amide bonds. The number of esters is 2. The van der Waals surface area contributed by atoms with Crippen molar-refractivity contribution in [3.05, 3.63) is 29.4 Å². The molecule has 2 aromatic heterocycles. The van der Waals surface area contributed by atoms with Crippen molar-refractivity contribution in [2.75, 3.05) is 19.8 Å². The van der Waals surface area contributed by atoms with Gasteiger partial charge in [-0.3, -0.25) is 9.78 Å². The number of hydrogen-bond donors (Lipinski definition) is 1. The van der Waals surface area contributed by atoms with E-state index >= 15 is 0 Å². The van der Waals surface area contributed by atoms with Crippen LogP contribution in [0.4, 0.5) is 0 Å². The molecule has 0 saturated heterocycles. The molecule has 2 heterocycles. The van der Waals surface area contributed by atoms with Crippen LogP contribution >= 0.6 is 11.6 Å². The van der Waals surface area contributed by atoms with Crippen LogP contribution < -0.4 is 4.74 Å². The lowest BCUT2D eigenvalue weighted by Crippen LogP contribution is -2.17. The Morgan fingerprint density at radius 1 is 1.28 bits per heavy atom. The quantitative estimate of drug-likeness (QED) is 0.552. The third-order valence-electron chi connectivity index (χ3n) is 2.87. The van der Waals surface area contributed by atoms with Crippen LogP contribution in [0.5, 0.6) is 5.88 Å². The van der Waals surface area contributed by atoms with E-state index in [4.69, 9.17) is 25.8 Å². The largest absolute Gasteiger partial charge is 0.466 e. The molecular weight excluding hydrogens is 354 g/mol. The summed E-state index contributed by atoms with van der Waals surface area (Å²) in [5.74, 6) is -1.12. The lowest BCUT2D eigenvalue weighted by Gasteiger charge is -2.05. The van der Waals surface area contributed by atoms with E-state index in [1.807, 2.05) is 0 Å². The zero-order chi connectivity index (χ0) is 18.2. The summed E-state index contributed by atoms with van der Waals surface area (Å²) in [6, 6.07) is 4.61.